The van der Waals surface area contributed by atoms with E-state index in [0.29, 0.717) is 23.4 Å². The number of benzene rings is 1. The van der Waals surface area contributed by atoms with Gasteiger partial charge in [0.25, 0.3) is 5.91 Å². The lowest BCUT2D eigenvalue weighted by molar-refractivity contribution is 0.0650. The molecule has 2 aromatic rings. The number of nitrogens with one attached hydrogen (secondary N) is 1. The van der Waals surface area contributed by atoms with Gasteiger partial charge in [0.05, 0.1) is 5.56 Å². The summed E-state index contributed by atoms with van der Waals surface area (Å²) >= 11 is 0. The molecule has 2 fully saturated rings. The minimum atomic E-state index is -0.353. The van der Waals surface area contributed by atoms with Crippen molar-refractivity contribution < 1.29 is 13.6 Å². The number of fused-ring (bicyclic) bond motifs is 2. The van der Waals surface area contributed by atoms with Crippen molar-refractivity contribution >= 4 is 5.91 Å². The first-order valence-electron chi connectivity index (χ1n) is 8.50. The number of amides is 1. The van der Waals surface area contributed by atoms with Crippen molar-refractivity contribution in [3.05, 3.63) is 48.0 Å². The van der Waals surface area contributed by atoms with Crippen molar-refractivity contribution in [3.8, 4) is 11.3 Å². The molecule has 1 N–H and O–H groups in total. The molecule has 2 atom stereocenters. The minimum Gasteiger partial charge on any atom is -0.451 e. The SMILES string of the molecule is CN(C(=O)c1ccc(-c2ccccc2F)o1)C1CC2CCC(C1)N2. The molecule has 0 saturated carbocycles. The summed E-state index contributed by atoms with van der Waals surface area (Å²) in [4.78, 5) is 14.5. The van der Waals surface area contributed by atoms with Gasteiger partial charge in [-0.3, -0.25) is 4.79 Å². The van der Waals surface area contributed by atoms with E-state index < -0.39 is 0 Å². The molecule has 2 aliphatic rings. The average molecular weight is 328 g/mol. The molecule has 1 aromatic carbocycles. The zero-order valence-electron chi connectivity index (χ0n) is 13.7. The first kappa shape index (κ1) is 15.4. The first-order valence-corrected chi connectivity index (χ1v) is 8.50. The lowest BCUT2D eigenvalue weighted by Gasteiger charge is -2.35. The molecule has 0 radical (unpaired) electrons. The highest BCUT2D eigenvalue weighted by atomic mass is 19.1. The van der Waals surface area contributed by atoms with Crippen molar-refractivity contribution in [1.29, 1.82) is 0 Å². The fraction of sp³-hybridized carbons (Fsp3) is 0.421. The lowest BCUT2D eigenvalue weighted by Crippen LogP contribution is -2.48. The van der Waals surface area contributed by atoms with E-state index >= 15 is 0 Å². The molecular formula is C19H21FN2O2. The summed E-state index contributed by atoms with van der Waals surface area (Å²) in [5, 5.41) is 3.58. The fourth-order valence-corrected chi connectivity index (χ4v) is 3.94. The van der Waals surface area contributed by atoms with Crippen molar-refractivity contribution in [3.63, 3.8) is 0 Å². The normalized spacial score (nSPS) is 25.7. The summed E-state index contributed by atoms with van der Waals surface area (Å²) < 4.78 is 19.5. The maximum absolute atomic E-state index is 13.9. The Bertz CT molecular complexity index is 745. The Morgan fingerprint density at radius 2 is 1.88 bits per heavy atom. The number of nitrogens with zero attached hydrogens (tertiary/aromatic N) is 1. The van der Waals surface area contributed by atoms with Crippen LogP contribution in [0, 0.1) is 5.82 Å². The third-order valence-electron chi connectivity index (χ3n) is 5.27. The standard InChI is InChI=1S/C19H21FN2O2/c1-22(14-10-12-6-7-13(11-14)21-12)19(23)18-9-8-17(24-18)15-4-2-3-5-16(15)20/h2-5,8-9,12-14,21H,6-7,10-11H2,1H3. The van der Waals surface area contributed by atoms with E-state index in [2.05, 4.69) is 5.32 Å². The topological polar surface area (TPSA) is 45.5 Å². The van der Waals surface area contributed by atoms with Crippen LogP contribution >= 0.6 is 0 Å². The van der Waals surface area contributed by atoms with E-state index in [1.165, 1.54) is 18.9 Å². The van der Waals surface area contributed by atoms with Crippen molar-refractivity contribution in [2.45, 2.75) is 43.8 Å². The van der Waals surface area contributed by atoms with Crippen LogP contribution in [-0.4, -0.2) is 36.0 Å². The van der Waals surface area contributed by atoms with Crippen LogP contribution in [0.1, 0.15) is 36.2 Å². The second-order valence-electron chi connectivity index (χ2n) is 6.82. The Kier molecular flexibility index (Phi) is 3.88. The van der Waals surface area contributed by atoms with E-state index in [0.717, 1.165) is 12.8 Å². The Morgan fingerprint density at radius 3 is 2.58 bits per heavy atom. The maximum Gasteiger partial charge on any atom is 0.289 e. The molecule has 5 heteroatoms. The van der Waals surface area contributed by atoms with Gasteiger partial charge >= 0.3 is 0 Å². The zero-order chi connectivity index (χ0) is 16.7. The monoisotopic (exact) mass is 328 g/mol. The quantitative estimate of drug-likeness (QED) is 0.939. The molecule has 0 aliphatic carbocycles. The van der Waals surface area contributed by atoms with Crippen LogP contribution in [0.15, 0.2) is 40.8 Å². The van der Waals surface area contributed by atoms with Gasteiger partial charge in [0.2, 0.25) is 0 Å². The van der Waals surface area contributed by atoms with Gasteiger partial charge in [-0.15, -0.1) is 0 Å². The van der Waals surface area contributed by atoms with E-state index in [4.69, 9.17) is 4.42 Å². The number of carbonyl (C=O) groups excluding carboxylic acids is 1. The zero-order valence-corrected chi connectivity index (χ0v) is 13.7. The number of halogens is 1. The van der Waals surface area contributed by atoms with E-state index in [1.54, 1.807) is 35.2 Å². The molecule has 24 heavy (non-hydrogen) atoms. The van der Waals surface area contributed by atoms with Crippen molar-refractivity contribution in [2.75, 3.05) is 7.05 Å². The number of furan rings is 1. The number of piperidine rings is 1. The largest absolute Gasteiger partial charge is 0.451 e. The second-order valence-corrected chi connectivity index (χ2v) is 6.82. The summed E-state index contributed by atoms with van der Waals surface area (Å²) in [7, 11) is 1.84. The molecule has 2 unspecified atom stereocenters. The number of hydrogen-bond acceptors (Lipinski definition) is 3. The molecule has 2 bridgehead atoms. The molecule has 1 aromatic heterocycles. The molecule has 126 valence electrons. The van der Waals surface area contributed by atoms with Crippen LogP contribution in [0.4, 0.5) is 4.39 Å². The fourth-order valence-electron chi connectivity index (χ4n) is 3.94. The smallest absolute Gasteiger partial charge is 0.289 e. The lowest BCUT2D eigenvalue weighted by atomic mass is 9.98. The highest BCUT2D eigenvalue weighted by molar-refractivity contribution is 5.92. The maximum atomic E-state index is 13.9. The third-order valence-corrected chi connectivity index (χ3v) is 5.27. The predicted octanol–water partition coefficient (Wildman–Crippen LogP) is 3.44. The van der Waals surface area contributed by atoms with Crippen LogP contribution in [0.2, 0.25) is 0 Å². The number of rotatable bonds is 3. The van der Waals surface area contributed by atoms with Gasteiger partial charge in [-0.1, -0.05) is 12.1 Å². The summed E-state index contributed by atoms with van der Waals surface area (Å²) in [6.07, 6.45) is 4.36. The van der Waals surface area contributed by atoms with E-state index in [-0.39, 0.29) is 23.5 Å². The van der Waals surface area contributed by atoms with Gasteiger partial charge in [-0.05, 0) is 49.9 Å². The second kappa shape index (κ2) is 6.06. The van der Waals surface area contributed by atoms with E-state index in [1.807, 2.05) is 7.05 Å². The minimum absolute atomic E-state index is 0.135. The highest BCUT2D eigenvalue weighted by Gasteiger charge is 2.37. The highest BCUT2D eigenvalue weighted by Crippen LogP contribution is 2.31. The first-order chi connectivity index (χ1) is 11.6. The van der Waals surface area contributed by atoms with Crippen molar-refractivity contribution in [2.24, 2.45) is 0 Å². The van der Waals surface area contributed by atoms with Crippen LogP contribution in [0.5, 0.6) is 0 Å². The summed E-state index contributed by atoms with van der Waals surface area (Å²) in [6.45, 7) is 0. The summed E-state index contributed by atoms with van der Waals surface area (Å²) in [5.41, 5.74) is 0.374. The Balaban J connectivity index is 1.52. The Morgan fingerprint density at radius 1 is 1.17 bits per heavy atom. The van der Waals surface area contributed by atoms with Gasteiger partial charge in [0, 0.05) is 25.2 Å². The average Bonchev–Trinajstić information content (AvgIpc) is 3.20. The van der Waals surface area contributed by atoms with Gasteiger partial charge in [0.1, 0.15) is 11.6 Å². The van der Waals surface area contributed by atoms with Crippen LogP contribution < -0.4 is 5.32 Å². The number of hydrogen-bond donors (Lipinski definition) is 1. The molecular weight excluding hydrogens is 307 g/mol. The third kappa shape index (κ3) is 2.73. The Labute approximate surface area is 140 Å². The summed E-state index contributed by atoms with van der Waals surface area (Å²) in [5.74, 6) is 0.162. The van der Waals surface area contributed by atoms with Crippen LogP contribution in [0.25, 0.3) is 11.3 Å². The molecule has 1 amide bonds. The van der Waals surface area contributed by atoms with Crippen LogP contribution in [-0.2, 0) is 0 Å². The van der Waals surface area contributed by atoms with Gasteiger partial charge < -0.3 is 14.6 Å². The van der Waals surface area contributed by atoms with Gasteiger partial charge in [-0.2, -0.15) is 0 Å². The van der Waals surface area contributed by atoms with Crippen molar-refractivity contribution in [1.82, 2.24) is 10.2 Å². The molecule has 4 nitrogen and oxygen atoms in total. The number of carbonyl (C=O) groups is 1. The molecule has 2 aliphatic heterocycles. The van der Waals surface area contributed by atoms with Gasteiger partial charge in [-0.25, -0.2) is 4.39 Å². The van der Waals surface area contributed by atoms with E-state index in [9.17, 15) is 9.18 Å². The molecule has 4 rings (SSSR count). The summed E-state index contributed by atoms with van der Waals surface area (Å²) in [6, 6.07) is 11.0. The molecule has 3 heterocycles. The predicted molar refractivity (Wildman–Crippen MR) is 89.2 cm³/mol. The Hall–Kier alpha value is -2.14. The molecule has 2 saturated heterocycles. The van der Waals surface area contributed by atoms with Gasteiger partial charge in [0.15, 0.2) is 5.76 Å². The molecule has 0 spiro atoms. The van der Waals surface area contributed by atoms with Crippen LogP contribution in [0.3, 0.4) is 0 Å².